The van der Waals surface area contributed by atoms with Crippen LogP contribution in [0.5, 0.6) is 0 Å². The molecule has 0 bridgehead atoms. The average molecular weight is 398 g/mol. The van der Waals surface area contributed by atoms with E-state index in [-0.39, 0.29) is 17.9 Å². The highest BCUT2D eigenvalue weighted by atomic mass is 32.1. The molecule has 0 spiro atoms. The number of thiazole rings is 1. The van der Waals surface area contributed by atoms with Crippen molar-refractivity contribution in [1.29, 1.82) is 0 Å². The van der Waals surface area contributed by atoms with Crippen molar-refractivity contribution < 1.29 is 14.3 Å². The molecule has 2 fully saturated rings. The molecule has 1 aromatic heterocycles. The van der Waals surface area contributed by atoms with Crippen LogP contribution in [0.3, 0.4) is 0 Å². The highest BCUT2D eigenvalue weighted by Crippen LogP contribution is 2.39. The van der Waals surface area contributed by atoms with Crippen molar-refractivity contribution in [3.05, 3.63) is 40.8 Å². The minimum Gasteiger partial charge on any atom is -0.378 e. The van der Waals surface area contributed by atoms with Crippen LogP contribution in [0.1, 0.15) is 28.1 Å². The number of anilines is 2. The van der Waals surface area contributed by atoms with Crippen molar-refractivity contribution in [2.75, 3.05) is 42.6 Å². The summed E-state index contributed by atoms with van der Waals surface area (Å²) in [4.78, 5) is 37.6. The Morgan fingerprint density at radius 1 is 1.11 bits per heavy atom. The molecule has 8 heteroatoms. The van der Waals surface area contributed by atoms with Gasteiger partial charge >= 0.3 is 0 Å². The van der Waals surface area contributed by atoms with Gasteiger partial charge in [-0.1, -0.05) is 41.7 Å². The van der Waals surface area contributed by atoms with E-state index in [4.69, 9.17) is 9.72 Å². The van der Waals surface area contributed by atoms with Gasteiger partial charge < -0.3 is 14.5 Å². The largest absolute Gasteiger partial charge is 0.378 e. The number of hydrogen-bond acceptors (Lipinski definition) is 6. The van der Waals surface area contributed by atoms with E-state index in [2.05, 4.69) is 4.90 Å². The van der Waals surface area contributed by atoms with E-state index in [0.717, 1.165) is 36.6 Å². The molecule has 1 atom stereocenters. The van der Waals surface area contributed by atoms with E-state index < -0.39 is 0 Å². The third-order valence-electron chi connectivity index (χ3n) is 5.58. The molecule has 3 aliphatic rings. The van der Waals surface area contributed by atoms with Crippen LogP contribution in [-0.2, 0) is 16.1 Å². The number of benzene rings is 1. The van der Waals surface area contributed by atoms with Gasteiger partial charge in [-0.3, -0.25) is 14.5 Å². The maximum absolute atomic E-state index is 13.4. The minimum atomic E-state index is -0.371. The van der Waals surface area contributed by atoms with Crippen LogP contribution in [0.2, 0.25) is 0 Å². The molecule has 2 saturated heterocycles. The van der Waals surface area contributed by atoms with Crippen LogP contribution < -0.4 is 9.80 Å². The average Bonchev–Trinajstić information content (AvgIpc) is 3.39. The molecule has 0 N–H and O–H groups in total. The molecule has 28 heavy (non-hydrogen) atoms. The highest BCUT2D eigenvalue weighted by molar-refractivity contribution is 7.18. The normalized spacial score (nSPS) is 22.3. The number of ether oxygens (including phenoxy) is 1. The van der Waals surface area contributed by atoms with Crippen LogP contribution in [-0.4, -0.2) is 60.6 Å². The number of rotatable bonds is 3. The second-order valence-corrected chi connectivity index (χ2v) is 8.29. The molecule has 2 aromatic rings. The molecular formula is C20H22N4O3S. The Labute approximate surface area is 167 Å². The van der Waals surface area contributed by atoms with Gasteiger partial charge in [0.25, 0.3) is 11.8 Å². The standard InChI is InChI=1S/C20H22N4O3S/c25-18-15-7-4-8-23(15)19(26)16-17(24(18)13-14-5-2-1-3-6-14)21-20(28-16)22-9-11-27-12-10-22/h1-3,5-6,15H,4,7-13H2. The zero-order chi connectivity index (χ0) is 19.1. The van der Waals surface area contributed by atoms with E-state index in [1.165, 1.54) is 11.3 Å². The van der Waals surface area contributed by atoms with E-state index in [9.17, 15) is 9.59 Å². The first kappa shape index (κ1) is 17.6. The lowest BCUT2D eigenvalue weighted by atomic mass is 10.1. The van der Waals surface area contributed by atoms with E-state index in [1.54, 1.807) is 9.80 Å². The summed E-state index contributed by atoms with van der Waals surface area (Å²) in [5, 5.41) is 0.796. The van der Waals surface area contributed by atoms with Crippen molar-refractivity contribution in [2.45, 2.75) is 25.4 Å². The number of carbonyl (C=O) groups excluding carboxylic acids is 2. The van der Waals surface area contributed by atoms with Crippen LogP contribution >= 0.6 is 11.3 Å². The van der Waals surface area contributed by atoms with Gasteiger partial charge in [0.1, 0.15) is 10.9 Å². The van der Waals surface area contributed by atoms with Gasteiger partial charge in [0.2, 0.25) is 0 Å². The lowest BCUT2D eigenvalue weighted by molar-refractivity contribution is -0.122. The maximum Gasteiger partial charge on any atom is 0.268 e. The highest BCUT2D eigenvalue weighted by Gasteiger charge is 2.44. The maximum atomic E-state index is 13.4. The van der Waals surface area contributed by atoms with E-state index >= 15 is 0 Å². The Kier molecular flexibility index (Phi) is 4.52. The third-order valence-corrected chi connectivity index (χ3v) is 6.67. The molecule has 0 aliphatic carbocycles. The Bertz CT molecular complexity index is 894. The van der Waals surface area contributed by atoms with Crippen molar-refractivity contribution in [3.8, 4) is 0 Å². The summed E-state index contributed by atoms with van der Waals surface area (Å²) >= 11 is 1.40. The molecule has 146 valence electrons. The van der Waals surface area contributed by atoms with Crippen molar-refractivity contribution in [1.82, 2.24) is 9.88 Å². The molecule has 0 radical (unpaired) electrons. The summed E-state index contributed by atoms with van der Waals surface area (Å²) in [6, 6.07) is 9.52. The lowest BCUT2D eigenvalue weighted by Crippen LogP contribution is -2.45. The van der Waals surface area contributed by atoms with Gasteiger partial charge in [0, 0.05) is 19.6 Å². The van der Waals surface area contributed by atoms with Crippen LogP contribution in [0, 0.1) is 0 Å². The van der Waals surface area contributed by atoms with Gasteiger partial charge in [-0.15, -0.1) is 0 Å². The molecule has 1 aromatic carbocycles. The Balaban J connectivity index is 1.57. The molecule has 0 saturated carbocycles. The van der Waals surface area contributed by atoms with Gasteiger partial charge in [-0.2, -0.15) is 0 Å². The zero-order valence-corrected chi connectivity index (χ0v) is 16.4. The van der Waals surface area contributed by atoms with Gasteiger partial charge in [-0.05, 0) is 18.4 Å². The first-order chi connectivity index (χ1) is 13.7. The Morgan fingerprint density at radius 2 is 1.89 bits per heavy atom. The number of carbonyl (C=O) groups is 2. The fourth-order valence-corrected chi connectivity index (χ4v) is 5.19. The second kappa shape index (κ2) is 7.18. The number of aromatic nitrogens is 1. The summed E-state index contributed by atoms with van der Waals surface area (Å²) in [7, 11) is 0. The molecular weight excluding hydrogens is 376 g/mol. The molecule has 1 unspecified atom stereocenters. The van der Waals surface area contributed by atoms with Gasteiger partial charge in [0.05, 0.1) is 19.8 Å². The van der Waals surface area contributed by atoms with E-state index in [0.29, 0.717) is 37.0 Å². The number of amides is 2. The van der Waals surface area contributed by atoms with Crippen LogP contribution in [0.4, 0.5) is 10.9 Å². The van der Waals surface area contributed by atoms with Gasteiger partial charge in [0.15, 0.2) is 10.9 Å². The monoisotopic (exact) mass is 398 g/mol. The quantitative estimate of drug-likeness (QED) is 0.793. The smallest absolute Gasteiger partial charge is 0.268 e. The first-order valence-corrected chi connectivity index (χ1v) is 10.5. The molecule has 2 amide bonds. The number of fused-ring (bicyclic) bond motifs is 2. The third kappa shape index (κ3) is 2.97. The van der Waals surface area contributed by atoms with Crippen LogP contribution in [0.25, 0.3) is 0 Å². The molecule has 5 rings (SSSR count). The van der Waals surface area contributed by atoms with E-state index in [1.807, 2.05) is 30.3 Å². The number of morpholine rings is 1. The fraction of sp³-hybridized carbons (Fsp3) is 0.450. The number of nitrogens with zero attached hydrogens (tertiary/aromatic N) is 4. The predicted molar refractivity (Wildman–Crippen MR) is 107 cm³/mol. The first-order valence-electron chi connectivity index (χ1n) is 9.72. The van der Waals surface area contributed by atoms with Crippen LogP contribution in [0.15, 0.2) is 30.3 Å². The SMILES string of the molecule is O=C1C2CCCN2C(=O)c2sc(N3CCOCC3)nc2N1Cc1ccccc1. The Morgan fingerprint density at radius 3 is 2.68 bits per heavy atom. The Hall–Kier alpha value is -2.45. The second-order valence-electron chi connectivity index (χ2n) is 7.32. The zero-order valence-electron chi connectivity index (χ0n) is 15.5. The number of hydrogen-bond donors (Lipinski definition) is 0. The molecule has 3 aliphatic heterocycles. The van der Waals surface area contributed by atoms with Crippen molar-refractivity contribution in [3.63, 3.8) is 0 Å². The lowest BCUT2D eigenvalue weighted by Gasteiger charge is -2.27. The van der Waals surface area contributed by atoms with Crippen molar-refractivity contribution >= 4 is 34.1 Å². The van der Waals surface area contributed by atoms with Crippen molar-refractivity contribution in [2.24, 2.45) is 0 Å². The molecule has 4 heterocycles. The summed E-state index contributed by atoms with van der Waals surface area (Å²) in [6.07, 6.45) is 1.59. The summed E-state index contributed by atoms with van der Waals surface area (Å²) in [5.74, 6) is 0.436. The summed E-state index contributed by atoms with van der Waals surface area (Å²) in [6.45, 7) is 3.87. The topological polar surface area (TPSA) is 66.0 Å². The minimum absolute atomic E-state index is 0.0210. The molecule has 7 nitrogen and oxygen atoms in total. The summed E-state index contributed by atoms with van der Waals surface area (Å²) < 4.78 is 5.43. The van der Waals surface area contributed by atoms with Gasteiger partial charge in [-0.25, -0.2) is 4.98 Å². The summed E-state index contributed by atoms with van der Waals surface area (Å²) in [5.41, 5.74) is 1.03. The fourth-order valence-electron chi connectivity index (χ4n) is 4.11. The predicted octanol–water partition coefficient (Wildman–Crippen LogP) is 2.13.